The number of benzene rings is 5. The zero-order valence-electron chi connectivity index (χ0n) is 79.4. The number of carbonyl (C=O) groups excluding carboxylic acids is 3. The van der Waals surface area contributed by atoms with E-state index in [1.807, 2.05) is 95.4 Å². The molecular weight excluding hydrogens is 2060 g/mol. The number of thiophene rings is 3. The molecule has 37 heteroatoms. The van der Waals surface area contributed by atoms with E-state index >= 15 is 0 Å². The maximum Gasteiger partial charge on any atom is 0.505 e. The van der Waals surface area contributed by atoms with Gasteiger partial charge in [0.1, 0.15) is 5.65 Å². The standard InChI is InChI=1S/C39H39F2N3O5S2Si.C27H21F2N3O3S.C25H26BF2NO4S.C15H13IN2O2S/c1-39(2,3)52(4,5)49-25-27-20-31-32(24-44(37(31)42-22-27)51(47,48)29-10-7-6-8-11-29)36-18-15-28(50-36)14-17-35(45)30-12-9-19-43(38(30)46)23-26-13-16-33(40)34(41)21-26;28-22-6-3-16(11-23(22)29)14-32-9-1-2-19(27(32)35)24(34)7-4-18-5-8-25(36-18)21-13-31-26-20(21)10-17(15-33)12-30-26;1-24(2)25(3,4)33-26(32-24)22-12-9-17(34-22)8-11-21(30)18-6-5-13-29(23(18)31)15-16-7-10-19(27)20(28)14-16;1-2-11-8-13-14(16)10-18(15(13)17-9-11)21(19,20)12-6-4-3-5-7-12/h6-13,15-16,18-22,24H,14,17,23,25H2,1-5H3;1-3,5-6,8-13,33H,4,7,14-15H2,(H,30,31);5-7,9-10,12-14H,8,11,15H2,1-4H3;3-10H,2H2,1H3. The first kappa shape index (κ1) is 105. The average molecular weight is 2160 g/mol. The number of fused-ring (bicyclic) bond motifs is 3. The Morgan fingerprint density at radius 3 is 1.33 bits per heavy atom. The Kier molecular flexibility index (Phi) is 32.2. The Balaban J connectivity index is 0.000000150. The fraction of sp³-hybridized carbons (Fsp3) is 0.236. The van der Waals surface area contributed by atoms with E-state index in [9.17, 15) is 77.1 Å². The molecule has 0 saturated carbocycles. The molecule has 0 bridgehead atoms. The maximum absolute atomic E-state index is 13.9. The number of hydrogen-bond donors (Lipinski definition) is 2. The van der Waals surface area contributed by atoms with Crippen LogP contribution in [0.4, 0.5) is 26.3 Å². The minimum Gasteiger partial charge on any atom is -0.413 e. The Morgan fingerprint density at radius 1 is 0.483 bits per heavy atom. The van der Waals surface area contributed by atoms with Gasteiger partial charge in [0.25, 0.3) is 36.7 Å². The largest absolute Gasteiger partial charge is 0.505 e. The van der Waals surface area contributed by atoms with Gasteiger partial charge in [0.2, 0.25) is 0 Å². The summed E-state index contributed by atoms with van der Waals surface area (Å²) < 4.78 is 161. The lowest BCUT2D eigenvalue weighted by Gasteiger charge is -2.36. The van der Waals surface area contributed by atoms with Crippen LogP contribution in [0.1, 0.15) is 154 Å². The van der Waals surface area contributed by atoms with Crippen molar-refractivity contribution in [3.63, 3.8) is 0 Å². The van der Waals surface area contributed by atoms with E-state index in [-0.39, 0.29) is 94.4 Å². The van der Waals surface area contributed by atoms with Gasteiger partial charge in [-0.25, -0.2) is 66.1 Å². The van der Waals surface area contributed by atoms with Gasteiger partial charge in [-0.3, -0.25) is 28.8 Å². The molecule has 17 aromatic rings. The summed E-state index contributed by atoms with van der Waals surface area (Å²) in [5, 5.41) is 11.9. The number of nitrogens with zero attached hydrogens (tertiary/aromatic N) is 8. The molecule has 1 fully saturated rings. The van der Waals surface area contributed by atoms with Crippen molar-refractivity contribution in [3.05, 3.63) is 396 Å². The third kappa shape index (κ3) is 23.9. The van der Waals surface area contributed by atoms with E-state index in [0.717, 1.165) is 114 Å². The quantitative estimate of drug-likeness (QED) is 0.0183. The van der Waals surface area contributed by atoms with Gasteiger partial charge in [0.05, 0.1) is 70.5 Å². The Bertz CT molecular complexity index is 8080. The molecule has 0 aliphatic carbocycles. The summed E-state index contributed by atoms with van der Waals surface area (Å²) >= 11 is 6.66. The van der Waals surface area contributed by atoms with E-state index in [1.54, 1.807) is 121 Å². The van der Waals surface area contributed by atoms with Crippen molar-refractivity contribution in [3.8, 4) is 20.9 Å². The summed E-state index contributed by atoms with van der Waals surface area (Å²) in [4.78, 5) is 99.3. The molecule has 0 spiro atoms. The molecule has 143 heavy (non-hydrogen) atoms. The second-order valence-electron chi connectivity index (χ2n) is 36.7. The van der Waals surface area contributed by atoms with Gasteiger partial charge < -0.3 is 37.5 Å². The number of hydrogen-bond acceptors (Lipinski definition) is 20. The molecule has 738 valence electrons. The number of H-pyrrole nitrogens is 1. The number of nitrogens with one attached hydrogen (secondary N) is 1. The highest BCUT2D eigenvalue weighted by Gasteiger charge is 2.52. The van der Waals surface area contributed by atoms with Crippen LogP contribution in [-0.4, -0.2) is 108 Å². The van der Waals surface area contributed by atoms with Crippen molar-refractivity contribution >= 4 is 147 Å². The fourth-order valence-electron chi connectivity index (χ4n) is 15.4. The summed E-state index contributed by atoms with van der Waals surface area (Å²) in [5.41, 5.74) is 4.90. The van der Waals surface area contributed by atoms with E-state index < -0.39 is 98.3 Å². The summed E-state index contributed by atoms with van der Waals surface area (Å²) in [7, 11) is -10.1. The summed E-state index contributed by atoms with van der Waals surface area (Å²) in [6.07, 6.45) is 17.2. The zero-order valence-corrected chi connectivity index (χ0v) is 86.6. The normalized spacial score (nSPS) is 13.1. The highest BCUT2D eigenvalue weighted by molar-refractivity contribution is 14.1. The van der Waals surface area contributed by atoms with Crippen molar-refractivity contribution < 1.29 is 76.4 Å². The maximum atomic E-state index is 13.9. The first-order valence-corrected chi connectivity index (χ1v) is 54.9. The van der Waals surface area contributed by atoms with Crippen molar-refractivity contribution in [2.45, 2.75) is 172 Å². The molecule has 12 aromatic heterocycles. The lowest BCUT2D eigenvalue weighted by molar-refractivity contribution is 0.00578. The summed E-state index contributed by atoms with van der Waals surface area (Å²) in [6.45, 7) is 21.2. The van der Waals surface area contributed by atoms with Crippen molar-refractivity contribution in [1.82, 2.24) is 41.6 Å². The van der Waals surface area contributed by atoms with Gasteiger partial charge in [-0.15, -0.1) is 34.0 Å². The van der Waals surface area contributed by atoms with Crippen LogP contribution in [0, 0.1) is 38.5 Å². The number of Topliss-reactive ketones (excluding diaryl/α,β-unsaturated/α-hetero) is 3. The van der Waals surface area contributed by atoms with E-state index in [1.165, 1.54) is 99.3 Å². The minimum atomic E-state index is -3.97. The van der Waals surface area contributed by atoms with Crippen LogP contribution in [-0.2, 0) is 92.3 Å². The Morgan fingerprint density at radius 2 is 0.888 bits per heavy atom. The number of rotatable bonds is 30. The van der Waals surface area contributed by atoms with E-state index in [4.69, 9.17) is 13.7 Å². The number of pyridine rings is 6. The highest BCUT2D eigenvalue weighted by Crippen LogP contribution is 2.42. The number of aliphatic hydroxyl groups is 1. The van der Waals surface area contributed by atoms with Gasteiger partial charge in [0.15, 0.2) is 71.9 Å². The van der Waals surface area contributed by atoms with Gasteiger partial charge in [-0.1, -0.05) is 88.4 Å². The molecule has 23 nitrogen and oxygen atoms in total. The van der Waals surface area contributed by atoms with Crippen molar-refractivity contribution in [2.24, 2.45) is 0 Å². The van der Waals surface area contributed by atoms with Gasteiger partial charge in [-0.05, 0) is 273 Å². The van der Waals surface area contributed by atoms with Crippen LogP contribution < -0.4 is 21.5 Å². The van der Waals surface area contributed by atoms with Crippen LogP contribution in [0.15, 0.2) is 286 Å². The van der Waals surface area contributed by atoms with E-state index in [2.05, 4.69) is 76.4 Å². The van der Waals surface area contributed by atoms with Gasteiger partial charge >= 0.3 is 7.12 Å². The lowest BCUT2D eigenvalue weighted by atomic mass is 9.88. The first-order chi connectivity index (χ1) is 68.0. The predicted octanol–water partition coefficient (Wildman–Crippen LogP) is 21.7. The highest BCUT2D eigenvalue weighted by atomic mass is 127. The van der Waals surface area contributed by atoms with Crippen LogP contribution in [0.2, 0.25) is 18.1 Å². The molecule has 1 aliphatic heterocycles. The van der Waals surface area contributed by atoms with Crippen LogP contribution in [0.5, 0.6) is 0 Å². The average Bonchev–Trinajstić information content (AvgIpc) is 1.59. The number of ketones is 3. The SMILES string of the molecule is CC(C)(C)[Si](C)(C)OCc1cnc2c(c1)c(-c1ccc(CCC(=O)c3cccn(Cc4ccc(F)c(F)c4)c3=O)s1)cn2S(=O)(=O)c1ccccc1.CC1(C)OB(c2ccc(CCC(=O)c3cccn(Cc4ccc(F)c(F)c4)c3=O)s2)OC1(C)C.CCc1cnc2c(c1)c(I)cn2S(=O)(=O)c1ccccc1.O=C(CCc1ccc(-c2c[nH]c3ncc(CO)cc23)s1)c1cccn(Cc2ccc(F)c(F)c2)c1=O. The molecular formula is C106H99BF6IN9O14S5Si. The number of aryl methyl sites for hydroxylation is 4. The summed E-state index contributed by atoms with van der Waals surface area (Å²) in [6, 6.07) is 53.7. The van der Waals surface area contributed by atoms with Crippen molar-refractivity contribution in [1.29, 1.82) is 0 Å². The second-order valence-corrected chi connectivity index (χ2v) is 49.8. The van der Waals surface area contributed by atoms with Gasteiger partial charge in [0, 0.05) is 135 Å². The monoisotopic (exact) mass is 2160 g/mol. The molecule has 2 N–H and O–H groups in total. The number of carbonyl (C=O) groups is 3. The molecule has 18 rings (SSSR count). The molecule has 1 saturated heterocycles. The topological polar surface area (TPSA) is 298 Å². The van der Waals surface area contributed by atoms with Gasteiger partial charge in [-0.2, -0.15) is 0 Å². The Labute approximate surface area is 848 Å². The smallest absolute Gasteiger partial charge is 0.413 e. The van der Waals surface area contributed by atoms with Crippen LogP contribution in [0.3, 0.4) is 0 Å². The second kappa shape index (κ2) is 44.0. The third-order valence-corrected chi connectivity index (χ3v) is 37.5. The number of aromatic nitrogens is 9. The third-order valence-electron chi connectivity index (χ3n) is 25.3. The summed E-state index contributed by atoms with van der Waals surface area (Å²) in [5.74, 6) is -6.75. The molecule has 0 unspecified atom stereocenters. The number of aliphatic hydroxyl groups excluding tert-OH is 1. The molecule has 13 heterocycles. The lowest BCUT2D eigenvalue weighted by Crippen LogP contribution is -2.41. The Hall–Kier alpha value is -12.5. The first-order valence-electron chi connectivity index (χ1n) is 45.6. The number of aromatic amines is 1. The molecule has 0 radical (unpaired) electrons. The fourth-order valence-corrected chi connectivity index (χ4v) is 23.0. The molecule has 1 aliphatic rings. The predicted molar refractivity (Wildman–Crippen MR) is 557 cm³/mol. The van der Waals surface area contributed by atoms with E-state index in [0.29, 0.717) is 64.8 Å². The van der Waals surface area contributed by atoms with Crippen LogP contribution in [0.25, 0.3) is 54.0 Å². The zero-order chi connectivity index (χ0) is 102. The molecule has 0 amide bonds. The van der Waals surface area contributed by atoms with Crippen molar-refractivity contribution in [2.75, 3.05) is 0 Å². The van der Waals surface area contributed by atoms with Crippen LogP contribution >= 0.6 is 56.6 Å². The molecule has 0 atom stereocenters. The number of halogens is 7. The minimum absolute atomic E-state index is 0.00887. The molecule has 5 aromatic carbocycles.